The molecule has 140 valence electrons. The number of sulfonamides is 1. The summed E-state index contributed by atoms with van der Waals surface area (Å²) < 4.78 is 30.1. The van der Waals surface area contributed by atoms with Crippen molar-refractivity contribution in [3.8, 4) is 0 Å². The Balaban J connectivity index is 2.56. The molecule has 8 nitrogen and oxygen atoms in total. The second kappa shape index (κ2) is 9.83. The molecule has 0 aromatic heterocycles. The second-order valence-electron chi connectivity index (χ2n) is 5.90. The quantitative estimate of drug-likeness (QED) is 0.273. The van der Waals surface area contributed by atoms with Crippen molar-refractivity contribution in [1.82, 2.24) is 14.9 Å². The number of nitrogens with zero attached hydrogens (tertiary/aromatic N) is 2. The molecule has 0 radical (unpaired) electrons. The van der Waals surface area contributed by atoms with Crippen LogP contribution in [0.2, 0.25) is 0 Å². The number of carbonyl (C=O) groups is 1. The lowest BCUT2D eigenvalue weighted by Crippen LogP contribution is -2.40. The van der Waals surface area contributed by atoms with E-state index < -0.39 is 10.0 Å². The van der Waals surface area contributed by atoms with Gasteiger partial charge < -0.3 is 15.0 Å². The fourth-order valence-corrected chi connectivity index (χ4v) is 3.28. The fraction of sp³-hybridized carbons (Fsp3) is 0.867. The van der Waals surface area contributed by atoms with Crippen LogP contribution in [0, 0.1) is 11.8 Å². The van der Waals surface area contributed by atoms with Gasteiger partial charge in [-0.05, 0) is 26.2 Å². The predicted molar refractivity (Wildman–Crippen MR) is 94.3 cm³/mol. The second-order valence-corrected chi connectivity index (χ2v) is 7.99. The molecule has 1 saturated heterocycles. The topological polar surface area (TPSA) is 100 Å². The van der Waals surface area contributed by atoms with Gasteiger partial charge in [-0.15, -0.1) is 0 Å². The maximum Gasteiger partial charge on any atom is 0.310 e. The van der Waals surface area contributed by atoms with Gasteiger partial charge in [-0.1, -0.05) is 6.92 Å². The third kappa shape index (κ3) is 6.27. The maximum atomic E-state index is 11.8. The molecule has 0 aliphatic carbocycles. The van der Waals surface area contributed by atoms with E-state index in [1.807, 2.05) is 13.8 Å². The average Bonchev–Trinajstić information content (AvgIpc) is 2.94. The highest BCUT2D eigenvalue weighted by Gasteiger charge is 2.36. The van der Waals surface area contributed by atoms with Gasteiger partial charge in [0.1, 0.15) is 0 Å². The molecule has 1 rings (SSSR count). The van der Waals surface area contributed by atoms with Crippen LogP contribution < -0.4 is 10.0 Å². The molecule has 9 heteroatoms. The van der Waals surface area contributed by atoms with E-state index in [4.69, 9.17) is 4.74 Å². The van der Waals surface area contributed by atoms with Gasteiger partial charge in [-0.25, -0.2) is 13.1 Å². The van der Waals surface area contributed by atoms with Crippen LogP contribution in [0.15, 0.2) is 4.99 Å². The summed E-state index contributed by atoms with van der Waals surface area (Å²) in [6.07, 6.45) is 0.623. The van der Waals surface area contributed by atoms with E-state index in [-0.39, 0.29) is 23.6 Å². The van der Waals surface area contributed by atoms with E-state index in [0.717, 1.165) is 19.0 Å². The van der Waals surface area contributed by atoms with Gasteiger partial charge >= 0.3 is 5.97 Å². The van der Waals surface area contributed by atoms with Crippen molar-refractivity contribution in [3.05, 3.63) is 0 Å². The molecule has 0 aromatic carbocycles. The normalized spacial score (nSPS) is 21.8. The number of aliphatic imine (C=N–C) groups is 1. The summed E-state index contributed by atoms with van der Waals surface area (Å²) in [5.41, 5.74) is 0. The van der Waals surface area contributed by atoms with E-state index in [1.54, 1.807) is 6.92 Å². The lowest BCUT2D eigenvalue weighted by molar-refractivity contribution is -0.145. The van der Waals surface area contributed by atoms with Crippen LogP contribution in [0.25, 0.3) is 0 Å². The summed E-state index contributed by atoms with van der Waals surface area (Å²) in [5.74, 6) is 0.719. The Kier molecular flexibility index (Phi) is 8.47. The molecule has 1 aliphatic rings. The van der Waals surface area contributed by atoms with Gasteiger partial charge in [0.05, 0.1) is 18.8 Å². The lowest BCUT2D eigenvalue weighted by Gasteiger charge is -2.21. The predicted octanol–water partition coefficient (Wildman–Crippen LogP) is 0.0222. The van der Waals surface area contributed by atoms with Crippen LogP contribution in [-0.4, -0.2) is 70.8 Å². The summed E-state index contributed by atoms with van der Waals surface area (Å²) in [5, 5.41) is 3.23. The van der Waals surface area contributed by atoms with Crippen molar-refractivity contribution in [3.63, 3.8) is 0 Å². The summed E-state index contributed by atoms with van der Waals surface area (Å²) in [4.78, 5) is 18.4. The smallest absolute Gasteiger partial charge is 0.310 e. The molecule has 0 saturated carbocycles. The van der Waals surface area contributed by atoms with E-state index in [1.165, 1.54) is 7.11 Å². The van der Waals surface area contributed by atoms with E-state index in [0.29, 0.717) is 26.1 Å². The van der Waals surface area contributed by atoms with Crippen LogP contribution in [0.3, 0.4) is 0 Å². The molecule has 0 amide bonds. The minimum absolute atomic E-state index is 0.0828. The molecule has 24 heavy (non-hydrogen) atoms. The first-order valence-electron chi connectivity index (χ1n) is 8.43. The van der Waals surface area contributed by atoms with Crippen molar-refractivity contribution in [2.45, 2.75) is 27.2 Å². The van der Waals surface area contributed by atoms with Crippen molar-refractivity contribution in [2.75, 3.05) is 45.6 Å². The first-order chi connectivity index (χ1) is 11.3. The van der Waals surface area contributed by atoms with Gasteiger partial charge in [0.25, 0.3) is 0 Å². The molecule has 2 unspecified atom stereocenters. The van der Waals surface area contributed by atoms with Gasteiger partial charge in [-0.2, -0.15) is 0 Å². The Labute approximate surface area is 145 Å². The Morgan fingerprint density at radius 3 is 2.62 bits per heavy atom. The van der Waals surface area contributed by atoms with Gasteiger partial charge in [-0.3, -0.25) is 9.79 Å². The van der Waals surface area contributed by atoms with E-state index >= 15 is 0 Å². The summed E-state index contributed by atoms with van der Waals surface area (Å²) in [6, 6.07) is 0. The zero-order chi connectivity index (χ0) is 18.2. The largest absolute Gasteiger partial charge is 0.469 e. The minimum Gasteiger partial charge on any atom is -0.469 e. The lowest BCUT2D eigenvalue weighted by atomic mass is 9.99. The van der Waals surface area contributed by atoms with Crippen LogP contribution in [0.5, 0.6) is 0 Å². The molecule has 0 aromatic rings. The number of hydrogen-bond acceptors (Lipinski definition) is 5. The van der Waals surface area contributed by atoms with E-state index in [9.17, 15) is 13.2 Å². The zero-order valence-electron chi connectivity index (χ0n) is 15.0. The van der Waals surface area contributed by atoms with Crippen molar-refractivity contribution in [1.29, 1.82) is 0 Å². The highest BCUT2D eigenvalue weighted by Crippen LogP contribution is 2.24. The van der Waals surface area contributed by atoms with Crippen molar-refractivity contribution in [2.24, 2.45) is 16.8 Å². The first kappa shape index (κ1) is 20.7. The zero-order valence-corrected chi connectivity index (χ0v) is 15.9. The molecule has 2 N–H and O–H groups in total. The molecule has 1 aliphatic heterocycles. The number of ether oxygens (including phenoxy) is 1. The molecule has 0 spiro atoms. The fourth-order valence-electron chi connectivity index (χ4n) is 2.62. The molecule has 1 fully saturated rings. The molecule has 2 atom stereocenters. The van der Waals surface area contributed by atoms with Gasteiger partial charge in [0, 0.05) is 32.7 Å². The number of nitrogens with one attached hydrogen (secondary N) is 2. The molecular weight excluding hydrogens is 332 g/mol. The van der Waals surface area contributed by atoms with Crippen LogP contribution >= 0.6 is 0 Å². The number of methoxy groups -OCH3 is 1. The number of hydrogen-bond donors (Lipinski definition) is 2. The Bertz CT molecular complexity index is 536. The third-order valence-corrected chi connectivity index (χ3v) is 5.45. The molecular formula is C15H30N4O4S. The number of likely N-dealkylation sites (tertiary alicyclic amines) is 1. The third-order valence-electron chi connectivity index (χ3n) is 4.05. The summed E-state index contributed by atoms with van der Waals surface area (Å²) >= 11 is 0. The highest BCUT2D eigenvalue weighted by molar-refractivity contribution is 7.89. The average molecular weight is 362 g/mol. The maximum absolute atomic E-state index is 11.8. The monoisotopic (exact) mass is 362 g/mol. The number of guanidine groups is 1. The Morgan fingerprint density at radius 1 is 1.33 bits per heavy atom. The van der Waals surface area contributed by atoms with E-state index in [2.05, 4.69) is 19.9 Å². The number of carbonyl (C=O) groups excluding carboxylic acids is 1. The first-order valence-corrected chi connectivity index (χ1v) is 10.1. The van der Waals surface area contributed by atoms with Crippen LogP contribution in [0.1, 0.15) is 27.2 Å². The number of rotatable bonds is 8. The SMILES string of the molecule is CCNC(=NCCCNS(=O)(=O)CC)N1CC(C)C(C(=O)OC)C1. The summed E-state index contributed by atoms with van der Waals surface area (Å²) in [7, 11) is -1.74. The Hall–Kier alpha value is -1.35. The van der Waals surface area contributed by atoms with Gasteiger partial charge in [0.2, 0.25) is 10.0 Å². The van der Waals surface area contributed by atoms with Gasteiger partial charge in [0.15, 0.2) is 5.96 Å². The highest BCUT2D eigenvalue weighted by atomic mass is 32.2. The minimum atomic E-state index is -3.15. The Morgan fingerprint density at radius 2 is 2.04 bits per heavy atom. The van der Waals surface area contributed by atoms with Crippen LogP contribution in [-0.2, 0) is 19.6 Å². The standard InChI is InChI=1S/C15H30N4O4S/c1-5-16-15(17-8-7-9-18-24(21,22)6-2)19-10-12(3)13(11-19)14(20)23-4/h12-13,18H,5-11H2,1-4H3,(H,16,17). The van der Waals surface area contributed by atoms with Crippen LogP contribution in [0.4, 0.5) is 0 Å². The number of esters is 1. The molecule has 1 heterocycles. The summed E-state index contributed by atoms with van der Waals surface area (Å²) in [6.45, 7) is 8.58. The van der Waals surface area contributed by atoms with Crippen molar-refractivity contribution >= 4 is 22.0 Å². The van der Waals surface area contributed by atoms with Crippen molar-refractivity contribution < 1.29 is 17.9 Å². The molecule has 0 bridgehead atoms.